The van der Waals surface area contributed by atoms with Gasteiger partial charge < -0.3 is 19.3 Å². The predicted molar refractivity (Wildman–Crippen MR) is 146 cm³/mol. The van der Waals surface area contributed by atoms with Gasteiger partial charge in [-0.25, -0.2) is 9.78 Å². The van der Waals surface area contributed by atoms with Gasteiger partial charge in [0.15, 0.2) is 5.13 Å². The molecule has 5 rings (SSSR count). The van der Waals surface area contributed by atoms with Crippen molar-refractivity contribution in [2.24, 2.45) is 0 Å². The van der Waals surface area contributed by atoms with Crippen molar-refractivity contribution in [3.63, 3.8) is 0 Å². The second-order valence-electron chi connectivity index (χ2n) is 8.57. The minimum Gasteiger partial charge on any atom is -0.507 e. The van der Waals surface area contributed by atoms with Crippen molar-refractivity contribution in [3.05, 3.63) is 89.0 Å². The number of hydrogen-bond acceptors (Lipinski definition) is 9. The molecule has 198 valence electrons. The van der Waals surface area contributed by atoms with Crippen LogP contribution in [0.15, 0.2) is 72.3 Å². The van der Waals surface area contributed by atoms with Gasteiger partial charge in [-0.05, 0) is 67.1 Å². The summed E-state index contributed by atoms with van der Waals surface area (Å²) in [6, 6.07) is 17.3. The Morgan fingerprint density at radius 3 is 2.28 bits per heavy atom. The van der Waals surface area contributed by atoms with Gasteiger partial charge in [-0.1, -0.05) is 23.5 Å². The number of carbonyl (C=O) groups is 3. The van der Waals surface area contributed by atoms with Gasteiger partial charge in [-0.2, -0.15) is 0 Å². The van der Waals surface area contributed by atoms with Gasteiger partial charge in [0.2, 0.25) is 0 Å². The average Bonchev–Trinajstić information content (AvgIpc) is 3.50. The van der Waals surface area contributed by atoms with E-state index in [9.17, 15) is 19.5 Å². The molecular formula is C29H24N2O7S. The normalized spacial score (nSPS) is 16.5. The fraction of sp³-hybridized carbons (Fsp3) is 0.172. The summed E-state index contributed by atoms with van der Waals surface area (Å²) in [4.78, 5) is 44.8. The van der Waals surface area contributed by atoms with Crippen LogP contribution in [0.4, 0.5) is 5.13 Å². The molecule has 0 bridgehead atoms. The quantitative estimate of drug-likeness (QED) is 0.148. The van der Waals surface area contributed by atoms with Gasteiger partial charge in [0.25, 0.3) is 5.78 Å². The zero-order valence-electron chi connectivity index (χ0n) is 21.3. The number of rotatable bonds is 7. The number of anilines is 1. The van der Waals surface area contributed by atoms with E-state index < -0.39 is 23.7 Å². The van der Waals surface area contributed by atoms with Gasteiger partial charge in [0.1, 0.15) is 17.3 Å². The van der Waals surface area contributed by atoms with Crippen molar-refractivity contribution in [1.82, 2.24) is 4.98 Å². The molecule has 1 aromatic heterocycles. The number of ketones is 1. The predicted octanol–water partition coefficient (Wildman–Crippen LogP) is 5.12. The van der Waals surface area contributed by atoms with Crippen LogP contribution >= 0.6 is 11.3 Å². The van der Waals surface area contributed by atoms with Gasteiger partial charge in [-0.15, -0.1) is 0 Å². The van der Waals surface area contributed by atoms with Crippen LogP contribution in [0.25, 0.3) is 16.0 Å². The van der Waals surface area contributed by atoms with Crippen molar-refractivity contribution in [2.45, 2.75) is 13.0 Å². The second-order valence-corrected chi connectivity index (χ2v) is 9.58. The molecule has 10 heteroatoms. The number of amides is 1. The highest BCUT2D eigenvalue weighted by atomic mass is 32.1. The highest BCUT2D eigenvalue weighted by molar-refractivity contribution is 7.22. The molecule has 3 aromatic carbocycles. The van der Waals surface area contributed by atoms with E-state index in [4.69, 9.17) is 14.2 Å². The minimum absolute atomic E-state index is 0.0909. The standard InChI is InChI=1S/C29H24N2O7S/c1-4-38-19-11-9-17(10-12-19)25(32)23-24(16-5-7-18(8-6-16)28(35)37-3)31(27(34)26(23)33)29-30-21-14-13-20(36-2)15-22(21)39-29/h5-15,24,32H,4H2,1-3H3/b25-23+/t24-/m0/s1. The summed E-state index contributed by atoms with van der Waals surface area (Å²) in [6.07, 6.45) is 0. The maximum Gasteiger partial charge on any atom is 0.337 e. The third-order valence-electron chi connectivity index (χ3n) is 6.32. The molecule has 0 saturated carbocycles. The minimum atomic E-state index is -0.995. The summed E-state index contributed by atoms with van der Waals surface area (Å²) in [5.74, 6) is -1.29. The van der Waals surface area contributed by atoms with Crippen LogP contribution in [0, 0.1) is 0 Å². The summed E-state index contributed by atoms with van der Waals surface area (Å²) >= 11 is 1.22. The first-order chi connectivity index (χ1) is 18.9. The first-order valence-corrected chi connectivity index (χ1v) is 12.8. The molecule has 1 fully saturated rings. The molecule has 4 aromatic rings. The molecule has 1 aliphatic heterocycles. The average molecular weight is 545 g/mol. The van der Waals surface area contributed by atoms with Crippen molar-refractivity contribution >= 4 is 50.1 Å². The largest absolute Gasteiger partial charge is 0.507 e. The molecule has 0 aliphatic carbocycles. The molecule has 0 spiro atoms. The third kappa shape index (κ3) is 4.70. The van der Waals surface area contributed by atoms with Crippen molar-refractivity contribution < 1.29 is 33.7 Å². The summed E-state index contributed by atoms with van der Waals surface area (Å²) in [5.41, 5.74) is 1.69. The van der Waals surface area contributed by atoms with Gasteiger partial charge >= 0.3 is 11.9 Å². The number of aliphatic hydroxyl groups is 1. The molecule has 0 unspecified atom stereocenters. The monoisotopic (exact) mass is 544 g/mol. The molecule has 0 radical (unpaired) electrons. The first kappa shape index (κ1) is 25.9. The lowest BCUT2D eigenvalue weighted by Gasteiger charge is -2.23. The zero-order chi connectivity index (χ0) is 27.7. The van der Waals surface area contributed by atoms with E-state index in [0.717, 1.165) is 4.70 Å². The first-order valence-electron chi connectivity index (χ1n) is 12.0. The molecule has 39 heavy (non-hydrogen) atoms. The maximum atomic E-state index is 13.5. The van der Waals surface area contributed by atoms with Crippen LogP contribution in [0.2, 0.25) is 0 Å². The number of esters is 1. The smallest absolute Gasteiger partial charge is 0.337 e. The highest BCUT2D eigenvalue weighted by Crippen LogP contribution is 2.44. The van der Waals surface area contributed by atoms with Crippen LogP contribution in [-0.4, -0.2) is 48.6 Å². The van der Waals surface area contributed by atoms with Gasteiger partial charge in [0, 0.05) is 5.56 Å². The van der Waals surface area contributed by atoms with Crippen molar-refractivity contribution in [3.8, 4) is 11.5 Å². The van der Waals surface area contributed by atoms with E-state index in [1.807, 2.05) is 6.92 Å². The van der Waals surface area contributed by atoms with E-state index in [-0.39, 0.29) is 16.5 Å². The third-order valence-corrected chi connectivity index (χ3v) is 7.34. The Labute approximate surface area is 227 Å². The maximum absolute atomic E-state index is 13.5. The van der Waals surface area contributed by atoms with Crippen LogP contribution in [-0.2, 0) is 14.3 Å². The summed E-state index contributed by atoms with van der Waals surface area (Å²) in [7, 11) is 2.84. The molecule has 1 N–H and O–H groups in total. The number of thiazole rings is 1. The lowest BCUT2D eigenvalue weighted by atomic mass is 9.94. The van der Waals surface area contributed by atoms with E-state index in [1.165, 1.54) is 23.3 Å². The Morgan fingerprint density at radius 2 is 1.64 bits per heavy atom. The zero-order valence-corrected chi connectivity index (χ0v) is 22.2. The fourth-order valence-corrected chi connectivity index (χ4v) is 5.44. The summed E-state index contributed by atoms with van der Waals surface area (Å²) < 4.78 is 16.3. The molecule has 2 heterocycles. The fourth-order valence-electron chi connectivity index (χ4n) is 4.42. The number of hydrogen-bond donors (Lipinski definition) is 1. The number of aliphatic hydroxyl groups excluding tert-OH is 1. The van der Waals surface area contributed by atoms with Gasteiger partial charge in [0.05, 0.1) is 48.2 Å². The van der Waals surface area contributed by atoms with E-state index in [0.29, 0.717) is 40.3 Å². The number of methoxy groups -OCH3 is 2. The van der Waals surface area contributed by atoms with Crippen LogP contribution in [0.3, 0.4) is 0 Å². The Kier molecular flexibility index (Phi) is 7.03. The summed E-state index contributed by atoms with van der Waals surface area (Å²) in [5, 5.41) is 11.6. The summed E-state index contributed by atoms with van der Waals surface area (Å²) in [6.45, 7) is 2.34. The van der Waals surface area contributed by atoms with Crippen LogP contribution < -0.4 is 14.4 Å². The lowest BCUT2D eigenvalue weighted by Crippen LogP contribution is -2.29. The van der Waals surface area contributed by atoms with Gasteiger partial charge in [-0.3, -0.25) is 14.5 Å². The molecule has 1 amide bonds. The molecule has 1 atom stereocenters. The Hall–Kier alpha value is -4.70. The Balaban J connectivity index is 1.67. The number of aromatic nitrogens is 1. The number of Topliss-reactive ketones (excluding diaryl/α,β-unsaturated/α-hetero) is 1. The number of fused-ring (bicyclic) bond motifs is 1. The Bertz CT molecular complexity index is 1610. The van der Waals surface area contributed by atoms with Crippen molar-refractivity contribution in [1.29, 1.82) is 0 Å². The number of benzene rings is 3. The van der Waals surface area contributed by atoms with E-state index >= 15 is 0 Å². The lowest BCUT2D eigenvalue weighted by molar-refractivity contribution is -0.132. The number of nitrogens with zero attached hydrogens (tertiary/aromatic N) is 2. The van der Waals surface area contributed by atoms with E-state index in [2.05, 4.69) is 4.98 Å². The van der Waals surface area contributed by atoms with Crippen LogP contribution in [0.5, 0.6) is 11.5 Å². The number of carbonyl (C=O) groups excluding carboxylic acids is 3. The number of ether oxygens (including phenoxy) is 3. The molecular weight excluding hydrogens is 520 g/mol. The highest BCUT2D eigenvalue weighted by Gasteiger charge is 2.48. The second kappa shape index (κ2) is 10.6. The molecule has 1 saturated heterocycles. The Morgan fingerprint density at radius 1 is 0.974 bits per heavy atom. The SMILES string of the molecule is CCOc1ccc(/C(O)=C2\C(=O)C(=O)N(c3nc4ccc(OC)cc4s3)[C@H]2c2ccc(C(=O)OC)cc2)cc1. The van der Waals surface area contributed by atoms with Crippen molar-refractivity contribution in [2.75, 3.05) is 25.7 Å². The van der Waals surface area contributed by atoms with Crippen LogP contribution in [0.1, 0.15) is 34.5 Å². The topological polar surface area (TPSA) is 115 Å². The molecule has 1 aliphatic rings. The van der Waals surface area contributed by atoms with E-state index in [1.54, 1.807) is 73.8 Å². The molecule has 9 nitrogen and oxygen atoms in total.